The molecule has 1 unspecified atom stereocenters. The van der Waals surface area contributed by atoms with Crippen LogP contribution >= 0.6 is 11.3 Å². The van der Waals surface area contributed by atoms with Gasteiger partial charge in [0.05, 0.1) is 5.01 Å². The van der Waals surface area contributed by atoms with Crippen LogP contribution in [0.1, 0.15) is 28.3 Å². The van der Waals surface area contributed by atoms with Crippen LogP contribution in [0.2, 0.25) is 0 Å². The van der Waals surface area contributed by atoms with Crippen LogP contribution in [-0.4, -0.2) is 47.9 Å². The van der Waals surface area contributed by atoms with E-state index in [0.717, 1.165) is 17.1 Å². The summed E-state index contributed by atoms with van der Waals surface area (Å²) in [6, 6.07) is 9.13. The minimum atomic E-state index is -0.457. The Hall–Kier alpha value is -2.25. The molecular weight excluding hydrogens is 336 g/mol. The van der Waals surface area contributed by atoms with E-state index in [1.54, 1.807) is 17.3 Å². The summed E-state index contributed by atoms with van der Waals surface area (Å²) >= 11 is 1.43. The quantitative estimate of drug-likeness (QED) is 0.885. The Morgan fingerprint density at radius 3 is 2.88 bits per heavy atom. The van der Waals surface area contributed by atoms with Gasteiger partial charge in [0.2, 0.25) is 5.91 Å². The molecule has 2 aromatic rings. The molecule has 1 atom stereocenters. The summed E-state index contributed by atoms with van der Waals surface area (Å²) in [5, 5.41) is 2.59. The molecule has 1 fully saturated rings. The number of carbonyl (C=O) groups excluding carboxylic acids is 2. The molecule has 3 rings (SSSR count). The predicted molar refractivity (Wildman–Crippen MR) is 98.8 cm³/mol. The van der Waals surface area contributed by atoms with Crippen molar-refractivity contribution in [3.63, 3.8) is 0 Å². The molecule has 0 saturated carbocycles. The Labute approximate surface area is 151 Å². The van der Waals surface area contributed by atoms with Gasteiger partial charge in [-0.3, -0.25) is 9.59 Å². The normalized spacial score (nSPS) is 17.6. The van der Waals surface area contributed by atoms with Crippen molar-refractivity contribution >= 4 is 28.8 Å². The third-order valence-electron chi connectivity index (χ3n) is 4.40. The van der Waals surface area contributed by atoms with Crippen LogP contribution in [0.5, 0.6) is 0 Å². The lowest BCUT2D eigenvalue weighted by atomic mass is 10.0. The van der Waals surface area contributed by atoms with Gasteiger partial charge in [0, 0.05) is 31.1 Å². The van der Waals surface area contributed by atoms with Crippen molar-refractivity contribution in [2.45, 2.75) is 25.3 Å². The average Bonchev–Trinajstić information content (AvgIpc) is 3.10. The number of amides is 2. The number of aromatic nitrogens is 1. The first kappa shape index (κ1) is 17.6. The fraction of sp³-hybridized carbons (Fsp3) is 0.389. The molecule has 0 aliphatic carbocycles. The van der Waals surface area contributed by atoms with Crippen LogP contribution in [0.4, 0.5) is 5.69 Å². The number of likely N-dealkylation sites (N-methyl/N-ethyl adjacent to an activating group) is 1. The fourth-order valence-electron chi connectivity index (χ4n) is 3.05. The van der Waals surface area contributed by atoms with Crippen molar-refractivity contribution in [2.24, 2.45) is 5.73 Å². The van der Waals surface area contributed by atoms with Gasteiger partial charge in [-0.15, -0.1) is 11.3 Å². The third kappa shape index (κ3) is 3.72. The summed E-state index contributed by atoms with van der Waals surface area (Å²) in [5.74, 6) is -0.251. The monoisotopic (exact) mass is 358 g/mol. The second-order valence-electron chi connectivity index (χ2n) is 6.06. The van der Waals surface area contributed by atoms with E-state index in [0.29, 0.717) is 31.6 Å². The summed E-state index contributed by atoms with van der Waals surface area (Å²) in [6.45, 7) is 1.18. The summed E-state index contributed by atoms with van der Waals surface area (Å²) < 4.78 is 0. The van der Waals surface area contributed by atoms with E-state index in [-0.39, 0.29) is 11.8 Å². The molecule has 0 radical (unpaired) electrons. The molecule has 2 amide bonds. The number of carbonyl (C=O) groups is 2. The summed E-state index contributed by atoms with van der Waals surface area (Å²) in [5.41, 5.74) is 6.79. The van der Waals surface area contributed by atoms with Crippen LogP contribution in [0.25, 0.3) is 0 Å². The lowest BCUT2D eigenvalue weighted by Gasteiger charge is -2.36. The summed E-state index contributed by atoms with van der Waals surface area (Å²) in [6.07, 6.45) is 2.19. The van der Waals surface area contributed by atoms with Gasteiger partial charge in [0.15, 0.2) is 0 Å². The predicted octanol–water partition coefficient (Wildman–Crippen LogP) is 1.91. The topological polar surface area (TPSA) is 79.5 Å². The van der Waals surface area contributed by atoms with Gasteiger partial charge in [0.25, 0.3) is 5.91 Å². The molecule has 1 aliphatic rings. The Bertz CT molecular complexity index is 747. The zero-order chi connectivity index (χ0) is 17.8. The van der Waals surface area contributed by atoms with Crippen LogP contribution in [-0.2, 0) is 11.2 Å². The second kappa shape index (κ2) is 7.76. The molecule has 1 aromatic heterocycles. The third-order valence-corrected chi connectivity index (χ3v) is 5.30. The van der Waals surface area contributed by atoms with Crippen LogP contribution < -0.4 is 10.6 Å². The maximum absolute atomic E-state index is 12.9. The van der Waals surface area contributed by atoms with Gasteiger partial charge in [-0.05, 0) is 31.5 Å². The molecule has 2 N–H and O–H groups in total. The van der Waals surface area contributed by atoms with Crippen molar-refractivity contribution in [1.82, 2.24) is 9.88 Å². The SMILES string of the molecule is CN(C(=O)c1csc(CCN)n1)C1CCCN(c2ccccc2)C1=O. The highest BCUT2D eigenvalue weighted by Gasteiger charge is 2.35. The number of benzene rings is 1. The zero-order valence-corrected chi connectivity index (χ0v) is 15.0. The zero-order valence-electron chi connectivity index (χ0n) is 14.2. The van der Waals surface area contributed by atoms with Gasteiger partial charge in [-0.1, -0.05) is 18.2 Å². The van der Waals surface area contributed by atoms with Crippen molar-refractivity contribution in [2.75, 3.05) is 25.0 Å². The fourth-order valence-corrected chi connectivity index (χ4v) is 3.84. The maximum atomic E-state index is 12.9. The van der Waals surface area contributed by atoms with Crippen LogP contribution in [0.15, 0.2) is 35.7 Å². The highest BCUT2D eigenvalue weighted by atomic mass is 32.1. The largest absolute Gasteiger partial charge is 0.330 e. The van der Waals surface area contributed by atoms with Crippen molar-refractivity contribution in [3.05, 3.63) is 46.4 Å². The number of para-hydroxylation sites is 1. The lowest BCUT2D eigenvalue weighted by molar-refractivity contribution is -0.124. The molecule has 7 heteroatoms. The Balaban J connectivity index is 1.75. The number of nitrogens with zero attached hydrogens (tertiary/aromatic N) is 3. The first-order chi connectivity index (χ1) is 12.1. The number of piperidine rings is 1. The Kier molecular flexibility index (Phi) is 5.45. The molecule has 1 aliphatic heterocycles. The number of hydrogen-bond acceptors (Lipinski definition) is 5. The smallest absolute Gasteiger partial charge is 0.273 e. The molecule has 0 bridgehead atoms. The molecule has 1 saturated heterocycles. The second-order valence-corrected chi connectivity index (χ2v) is 7.01. The Morgan fingerprint density at radius 1 is 1.40 bits per heavy atom. The first-order valence-electron chi connectivity index (χ1n) is 8.40. The minimum Gasteiger partial charge on any atom is -0.330 e. The average molecular weight is 358 g/mol. The van der Waals surface area contributed by atoms with E-state index in [1.807, 2.05) is 30.3 Å². The van der Waals surface area contributed by atoms with Gasteiger partial charge in [0.1, 0.15) is 11.7 Å². The minimum absolute atomic E-state index is 0.0364. The van der Waals surface area contributed by atoms with Gasteiger partial charge < -0.3 is 15.5 Å². The van der Waals surface area contributed by atoms with Crippen molar-refractivity contribution in [1.29, 1.82) is 0 Å². The number of anilines is 1. The molecule has 1 aromatic carbocycles. The number of thiazole rings is 1. The lowest BCUT2D eigenvalue weighted by Crippen LogP contribution is -2.53. The number of hydrogen-bond donors (Lipinski definition) is 1. The summed E-state index contributed by atoms with van der Waals surface area (Å²) in [4.78, 5) is 33.3. The maximum Gasteiger partial charge on any atom is 0.273 e. The molecule has 0 spiro atoms. The Morgan fingerprint density at radius 2 is 2.16 bits per heavy atom. The molecule has 132 valence electrons. The molecule has 6 nitrogen and oxygen atoms in total. The highest BCUT2D eigenvalue weighted by Crippen LogP contribution is 2.24. The van der Waals surface area contributed by atoms with E-state index in [2.05, 4.69) is 4.98 Å². The number of rotatable bonds is 5. The van der Waals surface area contributed by atoms with E-state index in [1.165, 1.54) is 16.2 Å². The van der Waals surface area contributed by atoms with E-state index >= 15 is 0 Å². The van der Waals surface area contributed by atoms with Gasteiger partial charge >= 0.3 is 0 Å². The molecule has 2 heterocycles. The van der Waals surface area contributed by atoms with Crippen molar-refractivity contribution in [3.8, 4) is 0 Å². The van der Waals surface area contributed by atoms with E-state index < -0.39 is 6.04 Å². The van der Waals surface area contributed by atoms with Gasteiger partial charge in [-0.2, -0.15) is 0 Å². The van der Waals surface area contributed by atoms with Crippen molar-refractivity contribution < 1.29 is 9.59 Å². The van der Waals surface area contributed by atoms with Gasteiger partial charge in [-0.25, -0.2) is 4.98 Å². The van der Waals surface area contributed by atoms with Crippen LogP contribution in [0.3, 0.4) is 0 Å². The standard InChI is InChI=1S/C18H22N4O2S/c1-21(17(23)14-12-25-16(20-14)9-10-19)15-8-5-11-22(18(15)24)13-6-3-2-4-7-13/h2-4,6-7,12,15H,5,8-11,19H2,1H3. The van der Waals surface area contributed by atoms with E-state index in [9.17, 15) is 9.59 Å². The number of nitrogens with two attached hydrogens (primary N) is 1. The molecular formula is C18H22N4O2S. The van der Waals surface area contributed by atoms with E-state index in [4.69, 9.17) is 5.73 Å². The molecule has 25 heavy (non-hydrogen) atoms. The first-order valence-corrected chi connectivity index (χ1v) is 9.28. The highest BCUT2D eigenvalue weighted by molar-refractivity contribution is 7.09. The summed E-state index contributed by atoms with van der Waals surface area (Å²) in [7, 11) is 1.68. The van der Waals surface area contributed by atoms with Crippen LogP contribution in [0, 0.1) is 0 Å².